The fraction of sp³-hybridized carbons (Fsp3) is 0.611. The highest BCUT2D eigenvalue weighted by Gasteiger charge is 2.25. The summed E-state index contributed by atoms with van der Waals surface area (Å²) in [6.07, 6.45) is 3.86. The Morgan fingerprint density at radius 1 is 1.22 bits per heavy atom. The van der Waals surface area contributed by atoms with Gasteiger partial charge >= 0.3 is 0 Å². The highest BCUT2D eigenvalue weighted by atomic mass is 16.3. The summed E-state index contributed by atoms with van der Waals surface area (Å²) in [5.41, 5.74) is 1.05. The van der Waals surface area contributed by atoms with Crippen molar-refractivity contribution in [1.29, 1.82) is 0 Å². The summed E-state index contributed by atoms with van der Waals surface area (Å²) in [7, 11) is 3.55. The molecule has 1 amide bonds. The van der Waals surface area contributed by atoms with Gasteiger partial charge in [0.25, 0.3) is 0 Å². The molecule has 2 rings (SSSR count). The molecule has 0 saturated heterocycles. The van der Waals surface area contributed by atoms with Crippen molar-refractivity contribution in [2.24, 2.45) is 0 Å². The molecular weight excluding hydrogens is 292 g/mol. The van der Waals surface area contributed by atoms with Gasteiger partial charge in [-0.1, -0.05) is 12.1 Å². The molecule has 5 heteroatoms. The van der Waals surface area contributed by atoms with Gasteiger partial charge in [-0.3, -0.25) is 9.69 Å². The first-order chi connectivity index (χ1) is 11.0. The smallest absolute Gasteiger partial charge is 0.223 e. The third-order valence-electron chi connectivity index (χ3n) is 4.59. The van der Waals surface area contributed by atoms with Gasteiger partial charge in [-0.05, 0) is 43.4 Å². The van der Waals surface area contributed by atoms with Crippen LogP contribution in [-0.4, -0.2) is 58.7 Å². The molecule has 2 N–H and O–H groups in total. The summed E-state index contributed by atoms with van der Waals surface area (Å²) in [5, 5.41) is 19.4. The van der Waals surface area contributed by atoms with E-state index in [2.05, 4.69) is 4.90 Å². The van der Waals surface area contributed by atoms with Crippen LogP contribution in [0, 0.1) is 0 Å². The summed E-state index contributed by atoms with van der Waals surface area (Å²) in [6, 6.07) is 7.67. The standard InChI is InChI=1S/C18H28N2O3/c1-19(2)18(23)10-11-20(15-6-8-16(21)9-7-15)13-14-4-3-5-17(22)12-14/h3-5,12,15-16,21-22H,6-11,13H2,1-2H3. The second-order valence-electron chi connectivity index (χ2n) is 6.64. The minimum Gasteiger partial charge on any atom is -0.508 e. The van der Waals surface area contributed by atoms with Crippen LogP contribution in [-0.2, 0) is 11.3 Å². The lowest BCUT2D eigenvalue weighted by Gasteiger charge is -2.36. The largest absolute Gasteiger partial charge is 0.508 e. The Bertz CT molecular complexity index is 511. The van der Waals surface area contributed by atoms with Crippen molar-refractivity contribution < 1.29 is 15.0 Å². The maximum Gasteiger partial charge on any atom is 0.223 e. The van der Waals surface area contributed by atoms with Gasteiger partial charge in [0, 0.05) is 39.6 Å². The van der Waals surface area contributed by atoms with E-state index in [0.717, 1.165) is 37.8 Å². The first-order valence-corrected chi connectivity index (χ1v) is 8.36. The van der Waals surface area contributed by atoms with E-state index in [0.29, 0.717) is 19.0 Å². The molecule has 1 aliphatic rings. The highest BCUT2D eigenvalue weighted by molar-refractivity contribution is 5.75. The molecule has 0 aromatic heterocycles. The Morgan fingerprint density at radius 2 is 1.91 bits per heavy atom. The average Bonchev–Trinajstić information content (AvgIpc) is 2.52. The molecule has 0 radical (unpaired) electrons. The number of amides is 1. The van der Waals surface area contributed by atoms with Gasteiger partial charge < -0.3 is 15.1 Å². The van der Waals surface area contributed by atoms with Crippen LogP contribution in [0.3, 0.4) is 0 Å². The molecule has 5 nitrogen and oxygen atoms in total. The van der Waals surface area contributed by atoms with Crippen molar-refractivity contribution in [1.82, 2.24) is 9.80 Å². The van der Waals surface area contributed by atoms with Crippen LogP contribution >= 0.6 is 0 Å². The van der Waals surface area contributed by atoms with E-state index in [1.165, 1.54) is 0 Å². The molecule has 23 heavy (non-hydrogen) atoms. The minimum absolute atomic E-state index is 0.127. The number of aliphatic hydroxyl groups is 1. The molecule has 0 heterocycles. The number of carbonyl (C=O) groups excluding carboxylic acids is 1. The van der Waals surface area contributed by atoms with Gasteiger partial charge in [0.2, 0.25) is 5.91 Å². The van der Waals surface area contributed by atoms with Gasteiger partial charge in [-0.2, -0.15) is 0 Å². The van der Waals surface area contributed by atoms with Crippen molar-refractivity contribution in [2.75, 3.05) is 20.6 Å². The normalized spacial score (nSPS) is 21.4. The lowest BCUT2D eigenvalue weighted by Crippen LogP contribution is -2.40. The van der Waals surface area contributed by atoms with Crippen LogP contribution in [0.4, 0.5) is 0 Å². The number of aromatic hydroxyl groups is 1. The molecule has 0 atom stereocenters. The molecular formula is C18H28N2O3. The highest BCUT2D eigenvalue weighted by Crippen LogP contribution is 2.25. The third kappa shape index (κ3) is 5.52. The van der Waals surface area contributed by atoms with Gasteiger partial charge in [0.1, 0.15) is 5.75 Å². The molecule has 1 aliphatic carbocycles. The van der Waals surface area contributed by atoms with Crippen molar-refractivity contribution in [3.63, 3.8) is 0 Å². The molecule has 0 aliphatic heterocycles. The van der Waals surface area contributed by atoms with Crippen molar-refractivity contribution >= 4 is 5.91 Å². The van der Waals surface area contributed by atoms with E-state index in [4.69, 9.17) is 0 Å². The van der Waals surface area contributed by atoms with Crippen LogP contribution in [0.2, 0.25) is 0 Å². The van der Waals surface area contributed by atoms with Crippen LogP contribution in [0.25, 0.3) is 0 Å². The number of hydrogen-bond acceptors (Lipinski definition) is 4. The molecule has 128 valence electrons. The van der Waals surface area contributed by atoms with Gasteiger partial charge in [-0.15, -0.1) is 0 Å². The van der Waals surface area contributed by atoms with Gasteiger partial charge in [0.15, 0.2) is 0 Å². The number of carbonyl (C=O) groups is 1. The van der Waals surface area contributed by atoms with Crippen LogP contribution in [0.5, 0.6) is 5.75 Å². The van der Waals surface area contributed by atoms with E-state index in [-0.39, 0.29) is 17.8 Å². The Kier molecular flexibility index (Phi) is 6.42. The summed E-state index contributed by atoms with van der Waals surface area (Å²) >= 11 is 0. The third-order valence-corrected chi connectivity index (χ3v) is 4.59. The SMILES string of the molecule is CN(C)C(=O)CCN(Cc1cccc(O)c1)C1CCC(O)CC1. The Balaban J connectivity index is 2.02. The Hall–Kier alpha value is -1.59. The number of benzene rings is 1. The minimum atomic E-state index is -0.183. The average molecular weight is 320 g/mol. The zero-order valence-electron chi connectivity index (χ0n) is 14.1. The molecule has 1 aromatic rings. The quantitative estimate of drug-likeness (QED) is 0.841. The fourth-order valence-corrected chi connectivity index (χ4v) is 3.17. The van der Waals surface area contributed by atoms with E-state index >= 15 is 0 Å². The van der Waals surface area contributed by atoms with Gasteiger partial charge in [0.05, 0.1) is 6.10 Å². The molecule has 0 spiro atoms. The lowest BCUT2D eigenvalue weighted by atomic mass is 9.91. The van der Waals surface area contributed by atoms with Crippen molar-refractivity contribution in [2.45, 2.75) is 50.8 Å². The predicted octanol–water partition coefficient (Wildman–Crippen LogP) is 1.98. The van der Waals surface area contributed by atoms with Crippen molar-refractivity contribution in [3.05, 3.63) is 29.8 Å². The number of phenolic OH excluding ortho intramolecular Hbond substituents is 1. The van der Waals surface area contributed by atoms with E-state index < -0.39 is 0 Å². The van der Waals surface area contributed by atoms with E-state index in [1.54, 1.807) is 31.1 Å². The van der Waals surface area contributed by atoms with E-state index in [1.807, 2.05) is 12.1 Å². The van der Waals surface area contributed by atoms with Crippen LogP contribution in [0.1, 0.15) is 37.7 Å². The predicted molar refractivity (Wildman–Crippen MR) is 90.1 cm³/mol. The zero-order chi connectivity index (χ0) is 16.8. The fourth-order valence-electron chi connectivity index (χ4n) is 3.17. The molecule has 1 fully saturated rings. The molecule has 0 unspecified atom stereocenters. The number of aliphatic hydroxyl groups excluding tert-OH is 1. The summed E-state index contributed by atoms with van der Waals surface area (Å²) < 4.78 is 0. The molecule has 1 saturated carbocycles. The Morgan fingerprint density at radius 3 is 2.52 bits per heavy atom. The zero-order valence-corrected chi connectivity index (χ0v) is 14.1. The summed E-state index contributed by atoms with van der Waals surface area (Å²) in [4.78, 5) is 15.9. The van der Waals surface area contributed by atoms with E-state index in [9.17, 15) is 15.0 Å². The number of rotatable bonds is 6. The topological polar surface area (TPSA) is 64.0 Å². The van der Waals surface area contributed by atoms with Crippen LogP contribution < -0.4 is 0 Å². The van der Waals surface area contributed by atoms with Crippen LogP contribution in [0.15, 0.2) is 24.3 Å². The molecule has 1 aromatic carbocycles. The number of phenols is 1. The number of nitrogens with zero attached hydrogens (tertiary/aromatic N) is 2. The van der Waals surface area contributed by atoms with Gasteiger partial charge in [-0.25, -0.2) is 0 Å². The molecule has 0 bridgehead atoms. The lowest BCUT2D eigenvalue weighted by molar-refractivity contribution is -0.129. The second kappa shape index (κ2) is 8.31. The monoisotopic (exact) mass is 320 g/mol. The number of hydrogen-bond donors (Lipinski definition) is 2. The summed E-state index contributed by atoms with van der Waals surface area (Å²) in [6.45, 7) is 1.42. The first-order valence-electron chi connectivity index (χ1n) is 8.36. The maximum atomic E-state index is 11.9. The van der Waals surface area contributed by atoms with Crippen molar-refractivity contribution in [3.8, 4) is 5.75 Å². The summed E-state index contributed by atoms with van der Waals surface area (Å²) in [5.74, 6) is 0.396. The second-order valence-corrected chi connectivity index (χ2v) is 6.64. The Labute approximate surface area is 138 Å². The first kappa shape index (κ1) is 17.8. The maximum absolute atomic E-state index is 11.9.